The average molecular weight is 976 g/mol. The summed E-state index contributed by atoms with van der Waals surface area (Å²) in [5.74, 6) is 14.1. The van der Waals surface area contributed by atoms with Crippen LogP contribution in [-0.4, -0.2) is 4.57 Å². The number of aryl methyl sites for hydroxylation is 1. The second-order valence-corrected chi connectivity index (χ2v) is 23.9. The zero-order valence-electron chi connectivity index (χ0n) is 36.1. The molecule has 0 fully saturated rings. The van der Waals surface area contributed by atoms with Gasteiger partial charge >= 0.3 is 0 Å². The molecule has 1 nitrogen and oxygen atoms in total. The number of unbranched alkanes of at least 4 members (excludes halogenated alkanes) is 5. The van der Waals surface area contributed by atoms with E-state index in [1.54, 1.807) is 45.3 Å². The van der Waals surface area contributed by atoms with E-state index in [9.17, 15) is 0 Å². The van der Waals surface area contributed by atoms with Crippen molar-refractivity contribution in [2.75, 3.05) is 0 Å². The van der Waals surface area contributed by atoms with Crippen molar-refractivity contribution in [2.45, 2.75) is 52.0 Å². The molecule has 0 unspecified atom stereocenters. The fourth-order valence-electron chi connectivity index (χ4n) is 9.06. The van der Waals surface area contributed by atoms with E-state index in [-0.39, 0.29) is 0 Å². The van der Waals surface area contributed by atoms with Crippen LogP contribution in [0.15, 0.2) is 144 Å². The summed E-state index contributed by atoms with van der Waals surface area (Å²) >= 11 is 12.8. The minimum absolute atomic E-state index is 0.992. The molecular weight excluding hydrogens is 935 g/mol. The summed E-state index contributed by atoms with van der Waals surface area (Å²) in [6, 6.07) is 49.5. The van der Waals surface area contributed by atoms with Crippen LogP contribution in [0, 0.1) is 23.7 Å². The predicted molar refractivity (Wildman–Crippen MR) is 297 cm³/mol. The van der Waals surface area contributed by atoms with Crippen LogP contribution in [0.1, 0.15) is 66.3 Å². The summed E-state index contributed by atoms with van der Waals surface area (Å²) in [5, 5.41) is 12.2. The maximum absolute atomic E-state index is 3.56. The lowest BCUT2D eigenvalue weighted by molar-refractivity contribution is 0.571. The molecule has 0 radical (unpaired) electrons. The standard InChI is InChI=1S/C58H41NS7/c1-2-3-4-5-6-7-32-59-47-35-37(12-16-39-18-26-52(62-39)54-30-28-50(64-54)48-10-8-33-60-48)14-20-41(47)43-22-25-46-44(57(43)59)23-24-45-42-21-15-38(36-56(42)66-58(45)46)13-17-40-19-27-53(63-40)55-31-29-51(65-55)49-11-9-34-61-49/h8-11,14-15,18-31,33-36H,2-7,32H2,1H3. The molecule has 0 N–H and O–H groups in total. The maximum Gasteiger partial charge on any atom is 0.0779 e. The molecule has 4 aromatic carbocycles. The Balaban J connectivity index is 0.866. The Labute approximate surface area is 412 Å². The van der Waals surface area contributed by atoms with Crippen LogP contribution in [0.2, 0.25) is 0 Å². The molecule has 8 aromatic heterocycles. The molecule has 0 spiro atoms. The second kappa shape index (κ2) is 18.3. The van der Waals surface area contributed by atoms with Crippen molar-refractivity contribution in [3.8, 4) is 62.7 Å². The van der Waals surface area contributed by atoms with Crippen LogP contribution in [0.25, 0.3) is 91.8 Å². The van der Waals surface area contributed by atoms with Crippen LogP contribution in [-0.2, 0) is 6.54 Å². The molecule has 0 aliphatic rings. The van der Waals surface area contributed by atoms with E-state index in [0.717, 1.165) is 33.8 Å². The third-order valence-corrected chi connectivity index (χ3v) is 20.2. The third kappa shape index (κ3) is 8.10. The molecule has 0 aliphatic carbocycles. The number of fused-ring (bicyclic) bond motifs is 9. The molecular formula is C58H41NS7. The Morgan fingerprint density at radius 3 is 1.53 bits per heavy atom. The van der Waals surface area contributed by atoms with Gasteiger partial charge in [-0.1, -0.05) is 111 Å². The van der Waals surface area contributed by atoms with Crippen molar-refractivity contribution in [3.63, 3.8) is 0 Å². The van der Waals surface area contributed by atoms with Crippen molar-refractivity contribution in [1.29, 1.82) is 0 Å². The third-order valence-electron chi connectivity index (χ3n) is 12.3. The summed E-state index contributed by atoms with van der Waals surface area (Å²) in [4.78, 5) is 12.6. The van der Waals surface area contributed by atoms with Gasteiger partial charge in [-0.25, -0.2) is 0 Å². The smallest absolute Gasteiger partial charge is 0.0779 e. The fourth-order valence-corrected chi connectivity index (χ4v) is 15.9. The minimum atomic E-state index is 0.992. The van der Waals surface area contributed by atoms with E-state index in [2.05, 4.69) is 179 Å². The summed E-state index contributed by atoms with van der Waals surface area (Å²) in [7, 11) is 0. The Morgan fingerprint density at radius 2 is 0.909 bits per heavy atom. The normalized spacial score (nSPS) is 11.6. The summed E-state index contributed by atoms with van der Waals surface area (Å²) in [5.41, 5.74) is 4.73. The average Bonchev–Trinajstić information content (AvgIpc) is 4.20. The second-order valence-electron chi connectivity index (χ2n) is 16.6. The van der Waals surface area contributed by atoms with Crippen molar-refractivity contribution < 1.29 is 0 Å². The van der Waals surface area contributed by atoms with Crippen molar-refractivity contribution in [1.82, 2.24) is 4.57 Å². The molecule has 66 heavy (non-hydrogen) atoms. The lowest BCUT2D eigenvalue weighted by atomic mass is 10.0. The number of rotatable bonds is 11. The first-order valence-corrected chi connectivity index (χ1v) is 28.3. The molecule has 320 valence electrons. The van der Waals surface area contributed by atoms with E-state index in [1.165, 1.54) is 124 Å². The van der Waals surface area contributed by atoms with Gasteiger partial charge in [-0.15, -0.1) is 79.4 Å². The highest BCUT2D eigenvalue weighted by molar-refractivity contribution is 7.27. The van der Waals surface area contributed by atoms with E-state index in [4.69, 9.17) is 0 Å². The summed E-state index contributed by atoms with van der Waals surface area (Å²) in [6.07, 6.45) is 7.61. The van der Waals surface area contributed by atoms with Crippen LogP contribution < -0.4 is 0 Å². The van der Waals surface area contributed by atoms with Crippen LogP contribution in [0.4, 0.5) is 0 Å². The molecule has 0 aliphatic heterocycles. The largest absolute Gasteiger partial charge is 0.340 e. The molecule has 0 saturated carbocycles. The fraction of sp³-hybridized carbons (Fsp3) is 0.138. The highest BCUT2D eigenvalue weighted by Crippen LogP contribution is 2.44. The van der Waals surface area contributed by atoms with Gasteiger partial charge in [-0.05, 0) is 102 Å². The molecule has 8 heterocycles. The van der Waals surface area contributed by atoms with Crippen molar-refractivity contribution >= 4 is 132 Å². The zero-order chi connectivity index (χ0) is 44.0. The van der Waals surface area contributed by atoms with Gasteiger partial charge in [0.05, 0.1) is 20.8 Å². The van der Waals surface area contributed by atoms with Crippen LogP contribution in [0.5, 0.6) is 0 Å². The van der Waals surface area contributed by atoms with Crippen molar-refractivity contribution in [3.05, 3.63) is 165 Å². The Bertz CT molecular complexity index is 3830. The van der Waals surface area contributed by atoms with E-state index in [1.807, 2.05) is 34.0 Å². The molecule has 0 bridgehead atoms. The Hall–Kier alpha value is -5.52. The quantitative estimate of drug-likeness (QED) is 0.0899. The topological polar surface area (TPSA) is 4.93 Å². The van der Waals surface area contributed by atoms with Gasteiger partial charge in [-0.2, -0.15) is 0 Å². The molecule has 12 rings (SSSR count). The monoisotopic (exact) mass is 975 g/mol. The lowest BCUT2D eigenvalue weighted by Crippen LogP contribution is -1.98. The zero-order valence-corrected chi connectivity index (χ0v) is 41.8. The van der Waals surface area contributed by atoms with Gasteiger partial charge in [0.1, 0.15) is 0 Å². The number of aromatic nitrogens is 1. The molecule has 8 heteroatoms. The van der Waals surface area contributed by atoms with Gasteiger partial charge in [0.2, 0.25) is 0 Å². The van der Waals surface area contributed by atoms with Gasteiger partial charge in [0.25, 0.3) is 0 Å². The van der Waals surface area contributed by atoms with Crippen molar-refractivity contribution in [2.24, 2.45) is 0 Å². The molecule has 0 saturated heterocycles. The van der Waals surface area contributed by atoms with Crippen LogP contribution in [0.3, 0.4) is 0 Å². The lowest BCUT2D eigenvalue weighted by Gasteiger charge is -2.10. The first-order valence-electron chi connectivity index (χ1n) is 22.5. The number of thiophene rings is 7. The molecule has 0 amide bonds. The highest BCUT2D eigenvalue weighted by Gasteiger charge is 2.18. The predicted octanol–water partition coefficient (Wildman–Crippen LogP) is 19.5. The molecule has 12 aromatic rings. The van der Waals surface area contributed by atoms with Gasteiger partial charge in [0.15, 0.2) is 0 Å². The number of benzene rings is 4. The van der Waals surface area contributed by atoms with E-state index in [0.29, 0.717) is 0 Å². The SMILES string of the molecule is CCCCCCCCn1c2cc(C#Cc3ccc(-c4ccc(-c5cccs5)s4)s3)ccc2c2ccc3c(ccc4c5ccc(C#Cc6ccc(-c7ccc(-c8cccs8)s7)s6)cc5sc43)c21. The molecule has 0 atom stereocenters. The summed E-state index contributed by atoms with van der Waals surface area (Å²) < 4.78 is 5.25. The summed E-state index contributed by atoms with van der Waals surface area (Å²) in [6.45, 7) is 3.29. The number of nitrogens with zero attached hydrogens (tertiary/aromatic N) is 1. The first kappa shape index (κ1) is 41.9. The number of hydrogen-bond donors (Lipinski definition) is 0. The van der Waals surface area contributed by atoms with Gasteiger partial charge < -0.3 is 4.57 Å². The highest BCUT2D eigenvalue weighted by atomic mass is 32.1. The number of hydrogen-bond acceptors (Lipinski definition) is 7. The van der Waals surface area contributed by atoms with Gasteiger partial charge in [0, 0.05) is 98.4 Å². The minimum Gasteiger partial charge on any atom is -0.340 e. The first-order chi connectivity index (χ1) is 32.6. The van der Waals surface area contributed by atoms with Crippen LogP contribution >= 0.6 is 79.4 Å². The maximum atomic E-state index is 3.56. The Kier molecular flexibility index (Phi) is 11.6. The van der Waals surface area contributed by atoms with E-state index >= 15 is 0 Å². The van der Waals surface area contributed by atoms with Gasteiger partial charge in [-0.3, -0.25) is 0 Å². The Morgan fingerprint density at radius 1 is 0.409 bits per heavy atom. The van der Waals surface area contributed by atoms with E-state index < -0.39 is 0 Å².